The van der Waals surface area contributed by atoms with Crippen LogP contribution in [-0.2, 0) is 9.53 Å². The molecule has 0 aromatic rings. The number of likely N-dealkylation sites (N-methyl/N-ethyl adjacent to an activating group) is 1. The fourth-order valence-electron chi connectivity index (χ4n) is 1.13. The van der Waals surface area contributed by atoms with Crippen LogP contribution in [0.1, 0.15) is 6.92 Å². The van der Waals surface area contributed by atoms with E-state index in [2.05, 4.69) is 4.40 Å². The van der Waals surface area contributed by atoms with Crippen molar-refractivity contribution in [1.82, 2.24) is 0 Å². The molecule has 1 heterocycles. The zero-order valence-corrected chi connectivity index (χ0v) is 11.7. The second-order valence-electron chi connectivity index (χ2n) is 4.90. The van der Waals surface area contributed by atoms with E-state index in [1.54, 1.807) is 6.92 Å². The van der Waals surface area contributed by atoms with E-state index in [-0.39, 0.29) is 5.97 Å². The summed E-state index contributed by atoms with van der Waals surface area (Å²) in [6.07, 6.45) is 0. The lowest BCUT2D eigenvalue weighted by Gasteiger charge is -2.25. The minimum Gasteiger partial charge on any atom is -0.458 e. The molecule has 1 rings (SSSR count). The third kappa shape index (κ3) is 3.37. The summed E-state index contributed by atoms with van der Waals surface area (Å²) in [5.74, 6) is 0.0812. The highest BCUT2D eigenvalue weighted by atomic mass is 35.5. The summed E-state index contributed by atoms with van der Waals surface area (Å²) in [7, 11) is 6.13. The van der Waals surface area contributed by atoms with Gasteiger partial charge in [0, 0.05) is 0 Å². The van der Waals surface area contributed by atoms with Crippen molar-refractivity contribution in [2.45, 2.75) is 11.8 Å². The highest BCUT2D eigenvalue weighted by Gasteiger charge is 2.44. The van der Waals surface area contributed by atoms with E-state index < -0.39 is 4.87 Å². The third-order valence-electron chi connectivity index (χ3n) is 2.36. The van der Waals surface area contributed by atoms with Gasteiger partial charge in [-0.2, -0.15) is 0 Å². The quantitative estimate of drug-likeness (QED) is 0.333. The zero-order valence-electron chi connectivity index (χ0n) is 10.1. The molecule has 0 saturated heterocycles. The molecule has 0 amide bonds. The van der Waals surface area contributed by atoms with Gasteiger partial charge in [0.15, 0.2) is 4.87 Å². The molecule has 1 aliphatic heterocycles. The smallest absolute Gasteiger partial charge is 0.334 e. The predicted octanol–water partition coefficient (Wildman–Crippen LogP) is 1.34. The molecule has 1 aliphatic rings. The molecule has 4 nitrogen and oxygen atoms in total. The lowest BCUT2D eigenvalue weighted by Crippen LogP contribution is -2.43. The van der Waals surface area contributed by atoms with Crippen LogP contribution < -0.4 is 0 Å². The monoisotopic (exact) mass is 265 g/mol. The maximum absolute atomic E-state index is 11.8. The number of hydrogen-bond acceptors (Lipinski definition) is 4. The van der Waals surface area contributed by atoms with Gasteiger partial charge in [-0.25, -0.2) is 9.19 Å². The molecule has 0 bridgehead atoms. The van der Waals surface area contributed by atoms with Gasteiger partial charge in [0.25, 0.3) is 0 Å². The summed E-state index contributed by atoms with van der Waals surface area (Å²) in [6, 6.07) is 0. The Labute approximate surface area is 106 Å². The van der Waals surface area contributed by atoms with Crippen LogP contribution >= 0.6 is 23.5 Å². The second kappa shape index (κ2) is 4.94. The Morgan fingerprint density at radius 1 is 1.62 bits per heavy atom. The van der Waals surface area contributed by atoms with Crippen LogP contribution in [0.4, 0.5) is 0 Å². The van der Waals surface area contributed by atoms with Gasteiger partial charge in [0.1, 0.15) is 13.2 Å². The van der Waals surface area contributed by atoms with Crippen LogP contribution in [0.2, 0.25) is 0 Å². The molecule has 92 valence electrons. The van der Waals surface area contributed by atoms with Crippen LogP contribution in [0, 0.1) is 0 Å². The average Bonchev–Trinajstić information content (AvgIpc) is 2.46. The van der Waals surface area contributed by atoms with Gasteiger partial charge < -0.3 is 9.22 Å². The summed E-state index contributed by atoms with van der Waals surface area (Å²) in [4.78, 5) is 10.8. The molecule has 0 fully saturated rings. The first kappa shape index (κ1) is 13.8. The Kier molecular flexibility index (Phi) is 4.26. The summed E-state index contributed by atoms with van der Waals surface area (Å²) >= 11 is 7.50. The van der Waals surface area contributed by atoms with E-state index in [0.29, 0.717) is 18.1 Å². The van der Waals surface area contributed by atoms with Crippen molar-refractivity contribution in [3.63, 3.8) is 0 Å². The number of rotatable bonds is 4. The van der Waals surface area contributed by atoms with E-state index in [9.17, 15) is 4.79 Å². The molecule has 0 aliphatic carbocycles. The molecule has 6 heteroatoms. The Morgan fingerprint density at radius 2 is 2.25 bits per heavy atom. The number of ether oxygens (including phenoxy) is 1. The van der Waals surface area contributed by atoms with E-state index in [1.165, 1.54) is 11.9 Å². The molecule has 0 aromatic heterocycles. The summed E-state index contributed by atoms with van der Waals surface area (Å²) in [5, 5.41) is 0. The Morgan fingerprint density at radius 3 is 2.69 bits per heavy atom. The second-order valence-corrected chi connectivity index (χ2v) is 6.28. The van der Waals surface area contributed by atoms with Gasteiger partial charge in [-0.3, -0.25) is 0 Å². The summed E-state index contributed by atoms with van der Waals surface area (Å²) in [6.45, 7) is 2.91. The van der Waals surface area contributed by atoms with Gasteiger partial charge in [0.2, 0.25) is 0 Å². The van der Waals surface area contributed by atoms with Gasteiger partial charge in [-0.15, -0.1) is 0 Å². The molecule has 0 spiro atoms. The Hall–Kier alpha value is -0.260. The summed E-state index contributed by atoms with van der Waals surface area (Å²) in [5.41, 5.74) is 0.634. The Balaban J connectivity index is 2.45. The minimum atomic E-state index is -1.05. The van der Waals surface area contributed by atoms with E-state index >= 15 is 0 Å². The highest BCUT2D eigenvalue weighted by Crippen LogP contribution is 2.32. The SMILES string of the molecule is CC1=NSCC1(Cl)C(=O)OCC[N+](C)(C)C. The normalized spacial score (nSPS) is 25.4. The van der Waals surface area contributed by atoms with E-state index in [4.69, 9.17) is 16.3 Å². The molecule has 1 unspecified atom stereocenters. The van der Waals surface area contributed by atoms with Crippen molar-refractivity contribution in [2.75, 3.05) is 40.0 Å². The molecular weight excluding hydrogens is 248 g/mol. The lowest BCUT2D eigenvalue weighted by molar-refractivity contribution is -0.870. The third-order valence-corrected chi connectivity index (χ3v) is 4.04. The van der Waals surface area contributed by atoms with Gasteiger partial charge >= 0.3 is 5.97 Å². The molecule has 0 aromatic carbocycles. The number of carbonyl (C=O) groups excluding carboxylic acids is 1. The number of carbonyl (C=O) groups is 1. The van der Waals surface area contributed by atoms with Crippen molar-refractivity contribution in [3.8, 4) is 0 Å². The standard InChI is InChI=1S/C10H18ClN2O2S/c1-8-10(11,7-16-12-8)9(14)15-6-5-13(2,3)4/h5-7H2,1-4H3/q+1. The molecule has 16 heavy (non-hydrogen) atoms. The average molecular weight is 266 g/mol. The first-order valence-electron chi connectivity index (χ1n) is 5.09. The first-order chi connectivity index (χ1) is 7.26. The number of quaternary nitrogens is 1. The van der Waals surface area contributed by atoms with Crippen molar-refractivity contribution >= 4 is 35.2 Å². The van der Waals surface area contributed by atoms with Gasteiger partial charge in [-0.1, -0.05) is 11.6 Å². The number of hydrogen-bond donors (Lipinski definition) is 0. The largest absolute Gasteiger partial charge is 0.458 e. The predicted molar refractivity (Wildman–Crippen MR) is 68.0 cm³/mol. The molecular formula is C10H18ClN2O2S+. The van der Waals surface area contributed by atoms with Crippen LogP contribution in [0.15, 0.2) is 4.40 Å². The Bertz CT molecular complexity index is 314. The van der Waals surface area contributed by atoms with Crippen molar-refractivity contribution in [2.24, 2.45) is 4.40 Å². The maximum Gasteiger partial charge on any atom is 0.334 e. The number of esters is 1. The maximum atomic E-state index is 11.8. The van der Waals surface area contributed by atoms with Gasteiger partial charge in [0.05, 0.1) is 32.6 Å². The molecule has 1 atom stereocenters. The van der Waals surface area contributed by atoms with Crippen LogP contribution in [0.5, 0.6) is 0 Å². The van der Waals surface area contributed by atoms with E-state index in [1.807, 2.05) is 21.1 Å². The molecule has 0 radical (unpaired) electrons. The number of nitrogens with zero attached hydrogens (tertiary/aromatic N) is 2. The van der Waals surface area contributed by atoms with Crippen molar-refractivity contribution < 1.29 is 14.0 Å². The van der Waals surface area contributed by atoms with Crippen LogP contribution in [0.25, 0.3) is 0 Å². The van der Waals surface area contributed by atoms with Crippen LogP contribution in [-0.4, -0.2) is 61.1 Å². The summed E-state index contributed by atoms with van der Waals surface area (Å²) < 4.78 is 10.0. The highest BCUT2D eigenvalue weighted by molar-refractivity contribution is 7.98. The fraction of sp³-hybridized carbons (Fsp3) is 0.800. The molecule has 0 N–H and O–H groups in total. The lowest BCUT2D eigenvalue weighted by atomic mass is 10.1. The zero-order chi connectivity index (χ0) is 12.4. The number of halogens is 1. The number of alkyl halides is 1. The van der Waals surface area contributed by atoms with Crippen molar-refractivity contribution in [1.29, 1.82) is 0 Å². The fourth-order valence-corrected chi connectivity index (χ4v) is 2.34. The van der Waals surface area contributed by atoms with Crippen LogP contribution in [0.3, 0.4) is 0 Å². The molecule has 0 saturated carbocycles. The van der Waals surface area contributed by atoms with Gasteiger partial charge in [-0.05, 0) is 18.9 Å². The van der Waals surface area contributed by atoms with Crippen molar-refractivity contribution in [3.05, 3.63) is 0 Å². The first-order valence-corrected chi connectivity index (χ1v) is 6.41. The minimum absolute atomic E-state index is 0.381. The topological polar surface area (TPSA) is 38.7 Å². The van der Waals surface area contributed by atoms with E-state index in [0.717, 1.165) is 11.0 Å².